The zero-order valence-corrected chi connectivity index (χ0v) is 12.7. The molecule has 1 rings (SSSR count). The van der Waals surface area contributed by atoms with Crippen LogP contribution in [-0.4, -0.2) is 11.1 Å². The van der Waals surface area contributed by atoms with Crippen molar-refractivity contribution in [3.05, 3.63) is 34.9 Å². The van der Waals surface area contributed by atoms with Gasteiger partial charge in [-0.2, -0.15) is 0 Å². The van der Waals surface area contributed by atoms with Crippen LogP contribution >= 0.6 is 32.9 Å². The number of nitrogens with two attached hydrogens (primary N) is 1. The predicted molar refractivity (Wildman–Crippen MR) is 72.0 cm³/mol. The molecule has 0 spiro atoms. The molecule has 0 aliphatic carbocycles. The summed E-state index contributed by atoms with van der Waals surface area (Å²) in [4.78, 5) is 11.3. The Kier molecular flexibility index (Phi) is 5.90. The highest BCUT2D eigenvalue weighted by molar-refractivity contribution is 9.09. The van der Waals surface area contributed by atoms with Gasteiger partial charge in [-0.05, 0) is 31.5 Å². The number of hydrogen-bond acceptors (Lipinski definition) is 2. The number of benzene rings is 1. The molecule has 6 heteroatoms. The van der Waals surface area contributed by atoms with E-state index in [0.29, 0.717) is 5.56 Å². The Morgan fingerprint density at radius 2 is 1.76 bits per heavy atom. The van der Waals surface area contributed by atoms with Gasteiger partial charge in [-0.3, -0.25) is 4.79 Å². The Hall–Kier alpha value is -0.330. The van der Waals surface area contributed by atoms with Gasteiger partial charge in [-0.15, -0.1) is 17.0 Å². The first-order valence-electron chi connectivity index (χ1n) is 4.65. The lowest BCUT2D eigenvalue weighted by Crippen LogP contribution is -2.29. The molecule has 1 aromatic rings. The van der Waals surface area contributed by atoms with Crippen LogP contribution in [0.25, 0.3) is 0 Å². The minimum absolute atomic E-state index is 0. The summed E-state index contributed by atoms with van der Waals surface area (Å²) in [6.45, 7) is 3.26. The largest absolute Gasteiger partial charge is 0.322 e. The van der Waals surface area contributed by atoms with Crippen molar-refractivity contribution in [2.75, 3.05) is 5.33 Å². The minimum Gasteiger partial charge on any atom is -0.322 e. The van der Waals surface area contributed by atoms with E-state index in [2.05, 4.69) is 15.9 Å². The number of alkyl halides is 1. The minimum atomic E-state index is -0.877. The molecule has 2 nitrogen and oxygen atoms in total. The van der Waals surface area contributed by atoms with E-state index in [9.17, 15) is 13.6 Å². The average Bonchev–Trinajstić information content (AvgIpc) is 2.14. The first kappa shape index (κ1) is 16.7. The maximum atomic E-state index is 13.5. The summed E-state index contributed by atoms with van der Waals surface area (Å²) < 4.78 is 27.1. The Morgan fingerprint density at radius 1 is 1.35 bits per heavy atom. The third-order valence-corrected chi connectivity index (χ3v) is 2.70. The molecule has 0 bridgehead atoms. The lowest BCUT2D eigenvalue weighted by molar-refractivity contribution is 0.101. The molecule has 2 N–H and O–H groups in total. The smallest absolute Gasteiger partial charge is 0.179 e. The highest BCUT2D eigenvalue weighted by Gasteiger charge is 2.22. The van der Waals surface area contributed by atoms with Gasteiger partial charge < -0.3 is 5.73 Å². The third kappa shape index (κ3) is 3.82. The van der Waals surface area contributed by atoms with Crippen molar-refractivity contribution in [3.8, 4) is 0 Å². The van der Waals surface area contributed by atoms with Gasteiger partial charge in [0.2, 0.25) is 0 Å². The first-order chi connectivity index (χ1) is 7.27. The molecule has 17 heavy (non-hydrogen) atoms. The Balaban J connectivity index is 0.00000256. The van der Waals surface area contributed by atoms with Gasteiger partial charge in [-0.1, -0.05) is 15.9 Å². The quantitative estimate of drug-likeness (QED) is 0.653. The van der Waals surface area contributed by atoms with E-state index in [1.54, 1.807) is 13.8 Å². The van der Waals surface area contributed by atoms with Gasteiger partial charge in [0.1, 0.15) is 11.6 Å². The van der Waals surface area contributed by atoms with E-state index in [0.717, 1.165) is 12.1 Å². The number of carbonyl (C=O) groups is 1. The molecule has 0 saturated carbocycles. The van der Waals surface area contributed by atoms with Crippen LogP contribution in [0.2, 0.25) is 0 Å². The van der Waals surface area contributed by atoms with Crippen LogP contribution in [0.5, 0.6) is 0 Å². The van der Waals surface area contributed by atoms with E-state index in [1.165, 1.54) is 0 Å². The molecule has 96 valence electrons. The lowest BCUT2D eigenvalue weighted by Gasteiger charge is -2.20. The van der Waals surface area contributed by atoms with Crippen LogP contribution in [0.4, 0.5) is 8.78 Å². The lowest BCUT2D eigenvalue weighted by atomic mass is 9.93. The topological polar surface area (TPSA) is 43.1 Å². The molecule has 0 aromatic heterocycles. The predicted octanol–water partition coefficient (Wildman–Crippen LogP) is 3.31. The van der Waals surface area contributed by atoms with Crippen LogP contribution in [0.15, 0.2) is 12.1 Å². The van der Waals surface area contributed by atoms with Gasteiger partial charge >= 0.3 is 0 Å². The Bertz CT molecular complexity index is 407. The average molecular weight is 373 g/mol. The van der Waals surface area contributed by atoms with E-state index >= 15 is 0 Å². The zero-order valence-electron chi connectivity index (χ0n) is 9.39. The highest BCUT2D eigenvalue weighted by Crippen LogP contribution is 2.23. The van der Waals surface area contributed by atoms with E-state index in [-0.39, 0.29) is 22.3 Å². The second-order valence-corrected chi connectivity index (χ2v) is 4.65. The first-order valence-corrected chi connectivity index (χ1v) is 5.77. The molecule has 0 amide bonds. The van der Waals surface area contributed by atoms with Gasteiger partial charge in [0.05, 0.1) is 10.9 Å². The van der Waals surface area contributed by atoms with Crippen molar-refractivity contribution in [2.45, 2.75) is 19.4 Å². The fourth-order valence-corrected chi connectivity index (χ4v) is 1.56. The second kappa shape index (κ2) is 6.02. The molecule has 0 saturated heterocycles. The second-order valence-electron chi connectivity index (χ2n) is 4.09. The molecule has 0 aliphatic heterocycles. The summed E-state index contributed by atoms with van der Waals surface area (Å²) in [6, 6.07) is 2.19. The zero-order chi connectivity index (χ0) is 12.5. The van der Waals surface area contributed by atoms with E-state index < -0.39 is 28.5 Å². The monoisotopic (exact) mass is 371 g/mol. The number of halogens is 4. The number of ketones is 1. The van der Waals surface area contributed by atoms with Crippen molar-refractivity contribution < 1.29 is 13.6 Å². The van der Waals surface area contributed by atoms with Crippen LogP contribution in [0.1, 0.15) is 29.8 Å². The molecule has 0 aliphatic rings. The van der Waals surface area contributed by atoms with E-state index in [4.69, 9.17) is 5.73 Å². The summed E-state index contributed by atoms with van der Waals surface area (Å²) in [6.07, 6.45) is 0. The number of carbonyl (C=O) groups excluding carboxylic acids is 1. The third-order valence-electron chi connectivity index (χ3n) is 2.19. The summed E-state index contributed by atoms with van der Waals surface area (Å²) >= 11 is 2.87. The van der Waals surface area contributed by atoms with Gasteiger partial charge in [-0.25, -0.2) is 8.78 Å². The van der Waals surface area contributed by atoms with E-state index in [1.807, 2.05) is 0 Å². The molecular weight excluding hydrogens is 360 g/mol. The van der Waals surface area contributed by atoms with Crippen molar-refractivity contribution >= 4 is 38.7 Å². The standard InChI is InChI=1S/C11H12BrF2NO.BrH/c1-11(2,15)6-3-7(13)10(8(14)4-6)9(16)5-12;/h3-4H,5,15H2,1-2H3;1H. The molecule has 1 aromatic carbocycles. The summed E-state index contributed by atoms with van der Waals surface area (Å²) in [5, 5.41) is -0.119. The maximum Gasteiger partial charge on any atom is 0.179 e. The van der Waals surface area contributed by atoms with Crippen LogP contribution < -0.4 is 5.73 Å². The van der Waals surface area contributed by atoms with Crippen molar-refractivity contribution in [1.82, 2.24) is 0 Å². The summed E-state index contributed by atoms with van der Waals surface area (Å²) in [5.74, 6) is -2.38. The Morgan fingerprint density at radius 3 is 2.06 bits per heavy atom. The summed E-state index contributed by atoms with van der Waals surface area (Å²) in [5.41, 5.74) is 4.67. The molecule has 0 atom stereocenters. The molecule has 0 radical (unpaired) electrons. The van der Waals surface area contributed by atoms with Crippen molar-refractivity contribution in [3.63, 3.8) is 0 Å². The van der Waals surface area contributed by atoms with Crippen molar-refractivity contribution in [2.24, 2.45) is 5.73 Å². The SMILES string of the molecule is Br.CC(C)(N)c1cc(F)c(C(=O)CBr)c(F)c1. The van der Waals surface area contributed by atoms with Crippen LogP contribution in [0, 0.1) is 11.6 Å². The Labute approximate surface area is 117 Å². The molecule has 0 heterocycles. The fraction of sp³-hybridized carbons (Fsp3) is 0.364. The summed E-state index contributed by atoms with van der Waals surface area (Å²) in [7, 11) is 0. The van der Waals surface area contributed by atoms with Crippen molar-refractivity contribution in [1.29, 1.82) is 0 Å². The molecule has 0 fully saturated rings. The maximum absolute atomic E-state index is 13.5. The van der Waals surface area contributed by atoms with Gasteiger partial charge in [0.25, 0.3) is 0 Å². The molecule has 0 unspecified atom stereocenters. The van der Waals surface area contributed by atoms with Gasteiger partial charge in [0.15, 0.2) is 5.78 Å². The van der Waals surface area contributed by atoms with Crippen LogP contribution in [0.3, 0.4) is 0 Å². The fourth-order valence-electron chi connectivity index (χ4n) is 1.28. The number of rotatable bonds is 3. The van der Waals surface area contributed by atoms with Crippen LogP contribution in [-0.2, 0) is 5.54 Å². The normalized spacial score (nSPS) is 10.9. The highest BCUT2D eigenvalue weighted by atomic mass is 79.9. The number of Topliss-reactive ketones (excluding diaryl/α,β-unsaturated/α-hetero) is 1. The number of hydrogen-bond donors (Lipinski definition) is 1. The molecular formula is C11H13Br2F2NO. The van der Waals surface area contributed by atoms with Gasteiger partial charge in [0, 0.05) is 5.54 Å².